The van der Waals surface area contributed by atoms with Crippen molar-refractivity contribution < 1.29 is 4.84 Å². The van der Waals surface area contributed by atoms with Crippen molar-refractivity contribution in [2.75, 3.05) is 0 Å². The van der Waals surface area contributed by atoms with Gasteiger partial charge in [0.05, 0.1) is 0 Å². The van der Waals surface area contributed by atoms with Crippen LogP contribution in [0.2, 0.25) is 0 Å². The van der Waals surface area contributed by atoms with Crippen LogP contribution in [0.3, 0.4) is 0 Å². The largest absolute Gasteiger partial charge is 0.430 e. The summed E-state index contributed by atoms with van der Waals surface area (Å²) < 4.78 is 0. The van der Waals surface area contributed by atoms with Crippen molar-refractivity contribution in [2.45, 2.75) is 11.6 Å². The van der Waals surface area contributed by atoms with Gasteiger partial charge in [0.25, 0.3) is 0 Å². The average molecular weight is 124 g/mol. The molecule has 3 heterocycles. The van der Waals surface area contributed by atoms with Gasteiger partial charge < -0.3 is 4.84 Å². The molecule has 0 fully saturated rings. The fourth-order valence-electron chi connectivity index (χ4n) is 0.694. The maximum Gasteiger partial charge on any atom is 0.430 e. The fraction of sp³-hybridized carbons (Fsp3) is 1.00. The summed E-state index contributed by atoms with van der Waals surface area (Å²) in [6, 6.07) is 0. The summed E-state index contributed by atoms with van der Waals surface area (Å²) in [4.78, 5) is 4.67. The minimum absolute atomic E-state index is 0.896. The summed E-state index contributed by atoms with van der Waals surface area (Å²) >= 11 is 0. The van der Waals surface area contributed by atoms with Crippen LogP contribution in [0.5, 0.6) is 0 Å². The van der Waals surface area contributed by atoms with Gasteiger partial charge in [-0.2, -0.15) is 0 Å². The lowest BCUT2D eigenvalue weighted by molar-refractivity contribution is 0.0315. The van der Waals surface area contributed by atoms with Gasteiger partial charge in [-0.3, -0.25) is 0 Å². The number of rotatable bonds is 0. The molecule has 3 aliphatic rings. The van der Waals surface area contributed by atoms with Gasteiger partial charge >= 0.3 is 11.6 Å². The SMILES string of the molecule is N1=NC2(N=N2)C2(N=N2)O1. The summed E-state index contributed by atoms with van der Waals surface area (Å²) in [5.41, 5.74) is 0. The molecule has 0 saturated heterocycles. The van der Waals surface area contributed by atoms with Crippen LogP contribution in [0.25, 0.3) is 0 Å². The molecule has 0 amide bonds. The van der Waals surface area contributed by atoms with E-state index in [4.69, 9.17) is 0 Å². The Balaban J connectivity index is 2.09. The molecule has 9 heavy (non-hydrogen) atoms. The van der Waals surface area contributed by atoms with Crippen LogP contribution in [0.1, 0.15) is 0 Å². The third-order valence-electron chi connectivity index (χ3n) is 1.36. The van der Waals surface area contributed by atoms with E-state index in [2.05, 4.69) is 35.7 Å². The highest BCUT2D eigenvalue weighted by molar-refractivity contribution is 5.12. The van der Waals surface area contributed by atoms with Crippen LogP contribution in [-0.4, -0.2) is 11.6 Å². The van der Waals surface area contributed by atoms with E-state index in [1.807, 2.05) is 0 Å². The number of nitrogens with zero attached hydrogens (tertiary/aromatic N) is 6. The van der Waals surface area contributed by atoms with Crippen molar-refractivity contribution in [3.05, 3.63) is 0 Å². The molecule has 0 bridgehead atoms. The third-order valence-corrected chi connectivity index (χ3v) is 1.36. The molecule has 0 aromatic heterocycles. The van der Waals surface area contributed by atoms with Gasteiger partial charge in [-0.25, -0.2) is 0 Å². The van der Waals surface area contributed by atoms with Crippen molar-refractivity contribution in [1.29, 1.82) is 0 Å². The van der Waals surface area contributed by atoms with Crippen LogP contribution < -0.4 is 0 Å². The van der Waals surface area contributed by atoms with Crippen molar-refractivity contribution >= 4 is 0 Å². The van der Waals surface area contributed by atoms with Crippen LogP contribution in [0, 0.1) is 0 Å². The molecular weight excluding hydrogens is 124 g/mol. The zero-order valence-corrected chi connectivity index (χ0v) is 4.09. The Hall–Kier alpha value is -1.40. The smallest absolute Gasteiger partial charge is 0.313 e. The lowest BCUT2D eigenvalue weighted by atomic mass is 10.3. The molecule has 7 nitrogen and oxygen atoms in total. The zero-order valence-electron chi connectivity index (χ0n) is 4.09. The molecule has 0 atom stereocenters. The van der Waals surface area contributed by atoms with E-state index in [1.165, 1.54) is 0 Å². The standard InChI is InChI=1S/C2N6O/c3-1(4-3)2(6-7-2)9-8-5-1. The Morgan fingerprint density at radius 2 is 1.67 bits per heavy atom. The van der Waals surface area contributed by atoms with Gasteiger partial charge in [-0.1, -0.05) is 5.11 Å². The Morgan fingerprint density at radius 3 is 2.11 bits per heavy atom. The van der Waals surface area contributed by atoms with Crippen molar-refractivity contribution in [2.24, 2.45) is 30.8 Å². The number of hydrogen-bond acceptors (Lipinski definition) is 7. The fourth-order valence-corrected chi connectivity index (χ4v) is 0.694. The highest BCUT2D eigenvalue weighted by atomic mass is 16.7. The summed E-state index contributed by atoms with van der Waals surface area (Å²) in [5.74, 6) is -1.86. The van der Waals surface area contributed by atoms with E-state index < -0.39 is 11.6 Å². The monoisotopic (exact) mass is 124 g/mol. The Morgan fingerprint density at radius 1 is 0.889 bits per heavy atom. The first-order chi connectivity index (χ1) is 4.37. The number of hydrogen-bond donors (Lipinski definition) is 0. The molecule has 0 saturated carbocycles. The molecular formula is C2N6O. The van der Waals surface area contributed by atoms with E-state index in [0.717, 1.165) is 0 Å². The molecule has 7 heteroatoms. The Labute approximate surface area is 48.5 Å². The first kappa shape index (κ1) is 3.59. The van der Waals surface area contributed by atoms with Gasteiger partial charge in [0.1, 0.15) is 0 Å². The molecule has 3 aliphatic heterocycles. The average Bonchev–Trinajstić information content (AvgIpc) is 2.51. The van der Waals surface area contributed by atoms with E-state index in [9.17, 15) is 0 Å². The van der Waals surface area contributed by atoms with Crippen molar-refractivity contribution in [3.63, 3.8) is 0 Å². The maximum absolute atomic E-state index is 4.67. The highest BCUT2D eigenvalue weighted by Gasteiger charge is 2.76. The normalized spacial score (nSPS) is 33.8. The lowest BCUT2D eigenvalue weighted by Gasteiger charge is -1.97. The van der Waals surface area contributed by atoms with Gasteiger partial charge in [-0.05, 0) is 0 Å². The van der Waals surface area contributed by atoms with Gasteiger partial charge in [0.2, 0.25) is 0 Å². The van der Waals surface area contributed by atoms with E-state index in [0.29, 0.717) is 0 Å². The van der Waals surface area contributed by atoms with Crippen molar-refractivity contribution in [1.82, 2.24) is 0 Å². The number of fused-ring (bicyclic) bond motifs is 1. The summed E-state index contributed by atoms with van der Waals surface area (Å²) in [5, 5.41) is 21.2. The quantitative estimate of drug-likeness (QED) is 0.465. The second-order valence-electron chi connectivity index (χ2n) is 1.92. The Bertz CT molecular complexity index is 252. The van der Waals surface area contributed by atoms with Gasteiger partial charge in [0.15, 0.2) is 0 Å². The molecule has 3 rings (SSSR count). The minimum Gasteiger partial charge on any atom is -0.313 e. The predicted molar refractivity (Wildman–Crippen MR) is 21.1 cm³/mol. The van der Waals surface area contributed by atoms with Crippen LogP contribution in [0.15, 0.2) is 30.8 Å². The predicted octanol–water partition coefficient (Wildman–Crippen LogP) is 0.623. The van der Waals surface area contributed by atoms with Gasteiger partial charge in [0, 0.05) is 5.28 Å². The molecule has 0 aromatic carbocycles. The molecule has 0 aliphatic carbocycles. The topological polar surface area (TPSA) is 83.4 Å². The van der Waals surface area contributed by atoms with Crippen LogP contribution in [-0.2, 0) is 4.84 Å². The second-order valence-corrected chi connectivity index (χ2v) is 1.92. The first-order valence-electron chi connectivity index (χ1n) is 2.35. The zero-order chi connectivity index (χ0) is 5.95. The van der Waals surface area contributed by atoms with Crippen molar-refractivity contribution in [3.8, 4) is 0 Å². The third kappa shape index (κ3) is 0.213. The van der Waals surface area contributed by atoms with E-state index in [-0.39, 0.29) is 0 Å². The van der Waals surface area contributed by atoms with E-state index >= 15 is 0 Å². The van der Waals surface area contributed by atoms with E-state index in [1.54, 1.807) is 0 Å². The van der Waals surface area contributed by atoms with Crippen LogP contribution in [0.4, 0.5) is 0 Å². The molecule has 44 valence electrons. The highest BCUT2D eigenvalue weighted by Crippen LogP contribution is 2.55. The first-order valence-corrected chi connectivity index (χ1v) is 2.35. The minimum atomic E-state index is -0.965. The molecule has 0 aromatic rings. The second kappa shape index (κ2) is 0.668. The molecule has 0 unspecified atom stereocenters. The Kier molecular flexibility index (Phi) is 0.267. The molecule has 2 spiro atoms. The summed E-state index contributed by atoms with van der Waals surface area (Å²) in [6.45, 7) is 0. The summed E-state index contributed by atoms with van der Waals surface area (Å²) in [6.07, 6.45) is 0. The maximum atomic E-state index is 4.67. The lowest BCUT2D eigenvalue weighted by Crippen LogP contribution is -2.27. The molecule has 0 radical (unpaired) electrons. The molecule has 0 N–H and O–H groups in total. The van der Waals surface area contributed by atoms with Crippen LogP contribution >= 0.6 is 0 Å². The van der Waals surface area contributed by atoms with Gasteiger partial charge in [-0.15, -0.1) is 20.5 Å². The summed E-state index contributed by atoms with van der Waals surface area (Å²) in [7, 11) is 0.